The van der Waals surface area contributed by atoms with Crippen molar-refractivity contribution < 1.29 is 9.53 Å². The van der Waals surface area contributed by atoms with E-state index in [-0.39, 0.29) is 12.1 Å². The molecule has 3 aromatic heterocycles. The van der Waals surface area contributed by atoms with Crippen molar-refractivity contribution >= 4 is 17.4 Å². The lowest BCUT2D eigenvalue weighted by Gasteiger charge is -2.32. The molecule has 1 amide bonds. The Hall–Kier alpha value is -3.60. The Balaban J connectivity index is 1.54. The van der Waals surface area contributed by atoms with Crippen molar-refractivity contribution in [1.82, 2.24) is 19.5 Å². The predicted octanol–water partition coefficient (Wildman–Crippen LogP) is 3.30. The Bertz CT molecular complexity index is 1070. The second kappa shape index (κ2) is 8.19. The molecule has 8 heteroatoms. The van der Waals surface area contributed by atoms with Crippen molar-refractivity contribution in [3.63, 3.8) is 0 Å². The van der Waals surface area contributed by atoms with Crippen molar-refractivity contribution in [2.45, 2.75) is 25.8 Å². The molecule has 1 atom stereocenters. The first-order chi connectivity index (χ1) is 14.2. The van der Waals surface area contributed by atoms with E-state index in [0.29, 0.717) is 25.3 Å². The molecule has 29 heavy (non-hydrogen) atoms. The normalized spacial score (nSPS) is 16.4. The number of ether oxygens (including phenoxy) is 1. The van der Waals surface area contributed by atoms with Crippen LogP contribution in [0.5, 0.6) is 0 Å². The van der Waals surface area contributed by atoms with Gasteiger partial charge in [0, 0.05) is 30.9 Å². The molecule has 1 aliphatic heterocycles. The molecule has 4 heterocycles. The molecule has 0 aromatic carbocycles. The first-order valence-electron chi connectivity index (χ1n) is 9.71. The minimum absolute atomic E-state index is 0.116. The number of nitrogens with one attached hydrogen (secondary N) is 1. The minimum Gasteiger partial charge on any atom is -0.450 e. The van der Waals surface area contributed by atoms with E-state index < -0.39 is 0 Å². The number of aromatic nitrogens is 3. The average molecular weight is 390 g/mol. The zero-order chi connectivity index (χ0) is 20.2. The Morgan fingerprint density at radius 1 is 1.41 bits per heavy atom. The van der Waals surface area contributed by atoms with Gasteiger partial charge in [-0.1, -0.05) is 6.07 Å². The minimum atomic E-state index is -0.264. The standard InChI is InChI=1S/C21H22N6O2/c1-2-29-21(28)26-9-4-5-16(14-26)24-20-7-3-6-18(25-20)17-13-23-27-10-8-15(12-22)11-19(17)27/h3,6-8,10-11,13,16H,2,4-5,9,14H2,1H3,(H,24,25). The Labute approximate surface area is 168 Å². The van der Waals surface area contributed by atoms with Gasteiger partial charge in [-0.25, -0.2) is 14.3 Å². The molecule has 1 N–H and O–H groups in total. The summed E-state index contributed by atoms with van der Waals surface area (Å²) in [6, 6.07) is 11.6. The van der Waals surface area contributed by atoms with Gasteiger partial charge in [0.2, 0.25) is 0 Å². The van der Waals surface area contributed by atoms with E-state index in [4.69, 9.17) is 9.72 Å². The van der Waals surface area contributed by atoms with Gasteiger partial charge < -0.3 is 15.0 Å². The maximum atomic E-state index is 12.0. The fourth-order valence-corrected chi connectivity index (χ4v) is 3.60. The van der Waals surface area contributed by atoms with Gasteiger partial charge in [-0.05, 0) is 44.0 Å². The highest BCUT2D eigenvalue weighted by molar-refractivity contribution is 5.79. The smallest absolute Gasteiger partial charge is 0.409 e. The number of hydrogen-bond donors (Lipinski definition) is 1. The molecule has 1 aliphatic rings. The van der Waals surface area contributed by atoms with Crippen LogP contribution in [-0.4, -0.2) is 51.3 Å². The molecule has 0 bridgehead atoms. The maximum absolute atomic E-state index is 12.0. The summed E-state index contributed by atoms with van der Waals surface area (Å²) < 4.78 is 6.85. The van der Waals surface area contributed by atoms with Crippen LogP contribution >= 0.6 is 0 Å². The van der Waals surface area contributed by atoms with Crippen LogP contribution in [0.25, 0.3) is 16.8 Å². The molecule has 4 rings (SSSR count). The summed E-state index contributed by atoms with van der Waals surface area (Å²) in [4.78, 5) is 18.5. The van der Waals surface area contributed by atoms with E-state index in [1.54, 1.807) is 27.9 Å². The van der Waals surface area contributed by atoms with Crippen molar-refractivity contribution in [1.29, 1.82) is 5.26 Å². The molecule has 1 unspecified atom stereocenters. The highest BCUT2D eigenvalue weighted by atomic mass is 16.6. The predicted molar refractivity (Wildman–Crippen MR) is 108 cm³/mol. The summed E-state index contributed by atoms with van der Waals surface area (Å²) in [5, 5.41) is 17.0. The number of anilines is 1. The number of piperidine rings is 1. The Morgan fingerprint density at radius 2 is 2.31 bits per heavy atom. The number of likely N-dealkylation sites (tertiary alicyclic amines) is 1. The summed E-state index contributed by atoms with van der Waals surface area (Å²) in [5.41, 5.74) is 3.05. The molecule has 0 aliphatic carbocycles. The van der Waals surface area contributed by atoms with E-state index in [1.165, 1.54) is 0 Å². The van der Waals surface area contributed by atoms with Gasteiger partial charge in [0.05, 0.1) is 35.6 Å². The van der Waals surface area contributed by atoms with Crippen LogP contribution in [-0.2, 0) is 4.74 Å². The van der Waals surface area contributed by atoms with Gasteiger partial charge >= 0.3 is 6.09 Å². The van der Waals surface area contributed by atoms with Crippen molar-refractivity contribution in [2.75, 3.05) is 25.0 Å². The van der Waals surface area contributed by atoms with Gasteiger partial charge in [-0.2, -0.15) is 10.4 Å². The highest BCUT2D eigenvalue weighted by Gasteiger charge is 2.24. The van der Waals surface area contributed by atoms with Gasteiger partial charge in [-0.15, -0.1) is 0 Å². The SMILES string of the molecule is CCOC(=O)N1CCCC(Nc2cccc(-c3cnn4ccc(C#N)cc34)n2)C1. The number of carbonyl (C=O) groups excluding carboxylic acids is 1. The second-order valence-corrected chi connectivity index (χ2v) is 6.95. The fourth-order valence-electron chi connectivity index (χ4n) is 3.60. The fraction of sp³-hybridized carbons (Fsp3) is 0.333. The molecule has 0 spiro atoms. The lowest BCUT2D eigenvalue weighted by Crippen LogP contribution is -2.45. The number of rotatable bonds is 4. The third-order valence-electron chi connectivity index (χ3n) is 4.98. The van der Waals surface area contributed by atoms with Gasteiger partial charge in [0.1, 0.15) is 5.82 Å². The summed E-state index contributed by atoms with van der Waals surface area (Å²) in [5.74, 6) is 0.744. The van der Waals surface area contributed by atoms with Crippen molar-refractivity contribution in [3.05, 3.63) is 48.3 Å². The number of fused-ring (bicyclic) bond motifs is 1. The van der Waals surface area contributed by atoms with E-state index in [1.807, 2.05) is 31.2 Å². The van der Waals surface area contributed by atoms with Gasteiger partial charge in [0.15, 0.2) is 0 Å². The molecule has 3 aromatic rings. The molecule has 0 saturated carbocycles. The van der Waals surface area contributed by atoms with Crippen LogP contribution in [0.15, 0.2) is 42.7 Å². The lowest BCUT2D eigenvalue weighted by molar-refractivity contribution is 0.0975. The van der Waals surface area contributed by atoms with Crippen molar-refractivity contribution in [2.24, 2.45) is 0 Å². The summed E-state index contributed by atoms with van der Waals surface area (Å²) in [6.45, 7) is 3.50. The Kier molecular flexibility index (Phi) is 5.29. The number of carbonyl (C=O) groups is 1. The number of nitrogens with zero attached hydrogens (tertiary/aromatic N) is 5. The zero-order valence-electron chi connectivity index (χ0n) is 16.2. The monoisotopic (exact) mass is 390 g/mol. The third kappa shape index (κ3) is 3.99. The first-order valence-corrected chi connectivity index (χ1v) is 9.71. The van der Waals surface area contributed by atoms with E-state index in [9.17, 15) is 10.1 Å². The summed E-state index contributed by atoms with van der Waals surface area (Å²) >= 11 is 0. The van der Waals surface area contributed by atoms with Gasteiger partial charge in [-0.3, -0.25) is 0 Å². The number of hydrogen-bond acceptors (Lipinski definition) is 6. The topological polar surface area (TPSA) is 95.5 Å². The number of nitriles is 1. The molecular weight excluding hydrogens is 368 g/mol. The number of pyridine rings is 2. The zero-order valence-corrected chi connectivity index (χ0v) is 16.2. The van der Waals surface area contributed by atoms with E-state index >= 15 is 0 Å². The third-order valence-corrected chi connectivity index (χ3v) is 4.98. The molecule has 0 radical (unpaired) electrons. The van der Waals surface area contributed by atoms with Crippen LogP contribution in [0.4, 0.5) is 10.6 Å². The maximum Gasteiger partial charge on any atom is 0.409 e. The molecule has 1 saturated heterocycles. The summed E-state index contributed by atoms with van der Waals surface area (Å²) in [6.07, 6.45) is 5.14. The first kappa shape index (κ1) is 18.7. The van der Waals surface area contributed by atoms with Crippen molar-refractivity contribution in [3.8, 4) is 17.3 Å². The van der Waals surface area contributed by atoms with Crippen LogP contribution in [0.1, 0.15) is 25.3 Å². The Morgan fingerprint density at radius 3 is 3.14 bits per heavy atom. The quantitative estimate of drug-likeness (QED) is 0.734. The van der Waals surface area contributed by atoms with Crippen LogP contribution < -0.4 is 5.32 Å². The average Bonchev–Trinajstić information content (AvgIpc) is 3.17. The number of amides is 1. The van der Waals surface area contributed by atoms with Crippen LogP contribution in [0.3, 0.4) is 0 Å². The van der Waals surface area contributed by atoms with Gasteiger partial charge in [0.25, 0.3) is 0 Å². The second-order valence-electron chi connectivity index (χ2n) is 6.95. The lowest BCUT2D eigenvalue weighted by atomic mass is 10.1. The van der Waals surface area contributed by atoms with Crippen LogP contribution in [0, 0.1) is 11.3 Å². The van der Waals surface area contributed by atoms with E-state index in [2.05, 4.69) is 16.5 Å². The summed E-state index contributed by atoms with van der Waals surface area (Å²) in [7, 11) is 0. The molecule has 1 fully saturated rings. The largest absolute Gasteiger partial charge is 0.450 e. The molecular formula is C21H22N6O2. The molecule has 148 valence electrons. The van der Waals surface area contributed by atoms with E-state index in [0.717, 1.165) is 35.4 Å². The molecule has 8 nitrogen and oxygen atoms in total. The van der Waals surface area contributed by atoms with Crippen LogP contribution in [0.2, 0.25) is 0 Å². The highest BCUT2D eigenvalue weighted by Crippen LogP contribution is 2.25.